The number of hydrogen-bond acceptors (Lipinski definition) is 3. The molecule has 2 aromatic heterocycles. The van der Waals surface area contributed by atoms with E-state index in [1.807, 2.05) is 12.1 Å². The van der Waals surface area contributed by atoms with Crippen molar-refractivity contribution in [3.05, 3.63) is 39.8 Å². The summed E-state index contributed by atoms with van der Waals surface area (Å²) in [6, 6.07) is 3.96. The largest absolute Gasteiger partial charge is 0.383 e. The molecule has 2 N–H and O–H groups in total. The topological polar surface area (TPSA) is 56.7 Å². The summed E-state index contributed by atoms with van der Waals surface area (Å²) in [6.45, 7) is 5.12. The number of anilines is 1. The fourth-order valence-corrected chi connectivity index (χ4v) is 2.93. The van der Waals surface area contributed by atoms with E-state index in [0.29, 0.717) is 5.82 Å². The number of aromatic nitrogens is 3. The minimum absolute atomic E-state index is 0.622. The Morgan fingerprint density at radius 1 is 1.32 bits per heavy atom. The highest BCUT2D eigenvalue weighted by Gasteiger charge is 2.14. The van der Waals surface area contributed by atoms with Crippen molar-refractivity contribution in [3.63, 3.8) is 0 Å². The van der Waals surface area contributed by atoms with Gasteiger partial charge in [0.15, 0.2) is 0 Å². The summed E-state index contributed by atoms with van der Waals surface area (Å²) in [4.78, 5) is 4.12. The Hall–Kier alpha value is -1.36. The van der Waals surface area contributed by atoms with Crippen LogP contribution in [0, 0.1) is 0 Å². The Bertz CT molecular complexity index is 563. The van der Waals surface area contributed by atoms with Gasteiger partial charge in [-0.3, -0.25) is 4.68 Å². The molecule has 0 fully saturated rings. The molecule has 0 bridgehead atoms. The minimum atomic E-state index is 0.622. The molecule has 2 rings (SSSR count). The maximum atomic E-state index is 5.88. The van der Waals surface area contributed by atoms with Crippen molar-refractivity contribution >= 4 is 21.7 Å². The van der Waals surface area contributed by atoms with Gasteiger partial charge in [0, 0.05) is 12.7 Å². The maximum absolute atomic E-state index is 5.88. The lowest BCUT2D eigenvalue weighted by molar-refractivity contribution is 0.610. The molecule has 0 unspecified atom stereocenters. The zero-order valence-corrected chi connectivity index (χ0v) is 12.9. The first-order valence-corrected chi connectivity index (χ1v) is 7.40. The zero-order chi connectivity index (χ0) is 13.8. The van der Waals surface area contributed by atoms with Gasteiger partial charge in [0.2, 0.25) is 0 Å². The molecule has 0 atom stereocenters. The summed E-state index contributed by atoms with van der Waals surface area (Å²) in [5, 5.41) is 4.60. The van der Waals surface area contributed by atoms with Crippen molar-refractivity contribution in [3.8, 4) is 0 Å². The van der Waals surface area contributed by atoms with Gasteiger partial charge in [-0.25, -0.2) is 4.98 Å². The molecule has 0 radical (unpaired) electrons. The Kier molecular flexibility index (Phi) is 4.58. The molecular formula is C14H19BrN4. The summed E-state index contributed by atoms with van der Waals surface area (Å²) in [5.41, 5.74) is 9.33. The fraction of sp³-hybridized carbons (Fsp3) is 0.429. The summed E-state index contributed by atoms with van der Waals surface area (Å²) in [5.74, 6) is 0.622. The molecular weight excluding hydrogens is 304 g/mol. The van der Waals surface area contributed by atoms with E-state index in [1.165, 1.54) is 5.69 Å². The predicted octanol–water partition coefficient (Wildman–Crippen LogP) is 2.99. The molecule has 0 aromatic carbocycles. The average molecular weight is 323 g/mol. The molecule has 0 aliphatic heterocycles. The van der Waals surface area contributed by atoms with Gasteiger partial charge >= 0.3 is 0 Å². The van der Waals surface area contributed by atoms with Gasteiger partial charge in [0.25, 0.3) is 0 Å². The zero-order valence-electron chi connectivity index (χ0n) is 11.4. The van der Waals surface area contributed by atoms with Gasteiger partial charge in [-0.2, -0.15) is 5.10 Å². The lowest BCUT2D eigenvalue weighted by atomic mass is 10.1. The van der Waals surface area contributed by atoms with Crippen molar-refractivity contribution < 1.29 is 0 Å². The Labute approximate surface area is 122 Å². The Morgan fingerprint density at radius 2 is 2.11 bits per heavy atom. The van der Waals surface area contributed by atoms with Crippen molar-refractivity contribution in [2.75, 3.05) is 5.73 Å². The molecule has 0 aliphatic carbocycles. The third kappa shape index (κ3) is 2.97. The summed E-state index contributed by atoms with van der Waals surface area (Å²) in [7, 11) is 0. The summed E-state index contributed by atoms with van der Waals surface area (Å²) in [6.07, 6.45) is 4.46. The lowest BCUT2D eigenvalue weighted by Crippen LogP contribution is -2.06. The second-order valence-electron chi connectivity index (χ2n) is 4.42. The van der Waals surface area contributed by atoms with E-state index in [4.69, 9.17) is 5.73 Å². The molecule has 0 amide bonds. The second-order valence-corrected chi connectivity index (χ2v) is 5.22. The van der Waals surface area contributed by atoms with Gasteiger partial charge in [-0.05, 0) is 53.7 Å². The van der Waals surface area contributed by atoms with Crippen molar-refractivity contribution in [1.82, 2.24) is 14.8 Å². The van der Waals surface area contributed by atoms with Crippen molar-refractivity contribution in [2.24, 2.45) is 0 Å². The number of hydrogen-bond donors (Lipinski definition) is 1. The molecule has 102 valence electrons. The van der Waals surface area contributed by atoms with Crippen LogP contribution in [0.1, 0.15) is 30.8 Å². The summed E-state index contributed by atoms with van der Waals surface area (Å²) < 4.78 is 3.20. The molecule has 5 heteroatoms. The molecule has 4 nitrogen and oxygen atoms in total. The van der Waals surface area contributed by atoms with Crippen LogP contribution in [0.3, 0.4) is 0 Å². The smallest absolute Gasteiger partial charge is 0.126 e. The van der Waals surface area contributed by atoms with E-state index < -0.39 is 0 Å². The van der Waals surface area contributed by atoms with Crippen LogP contribution in [0.2, 0.25) is 0 Å². The van der Waals surface area contributed by atoms with Crippen LogP contribution in [-0.4, -0.2) is 14.8 Å². The SMILES string of the molecule is CCc1nn(CC)c(CCc2cccnc2N)c1Br. The number of pyridine rings is 1. The van der Waals surface area contributed by atoms with Crippen LogP contribution in [0.4, 0.5) is 5.82 Å². The lowest BCUT2D eigenvalue weighted by Gasteiger charge is -2.07. The predicted molar refractivity (Wildman–Crippen MR) is 81.0 cm³/mol. The standard InChI is InChI=1S/C14H19BrN4/c1-3-11-13(15)12(19(4-2)18-11)8-7-10-6-5-9-17-14(10)16/h5-6,9H,3-4,7-8H2,1-2H3,(H2,16,17). The van der Waals surface area contributed by atoms with Crippen LogP contribution < -0.4 is 5.73 Å². The van der Waals surface area contributed by atoms with E-state index in [1.54, 1.807) is 6.20 Å². The minimum Gasteiger partial charge on any atom is -0.383 e. The third-order valence-corrected chi connectivity index (χ3v) is 4.17. The second kappa shape index (κ2) is 6.19. The fourth-order valence-electron chi connectivity index (χ4n) is 2.17. The highest BCUT2D eigenvalue weighted by atomic mass is 79.9. The number of nitrogens with zero attached hydrogens (tertiary/aromatic N) is 3. The monoisotopic (exact) mass is 322 g/mol. The molecule has 0 spiro atoms. The maximum Gasteiger partial charge on any atom is 0.126 e. The summed E-state index contributed by atoms with van der Waals surface area (Å²) >= 11 is 3.66. The van der Waals surface area contributed by atoms with Gasteiger partial charge in [-0.15, -0.1) is 0 Å². The number of nitrogens with two attached hydrogens (primary N) is 1. The molecule has 0 saturated heterocycles. The van der Waals surface area contributed by atoms with Gasteiger partial charge in [-0.1, -0.05) is 13.0 Å². The van der Waals surface area contributed by atoms with Crippen LogP contribution in [0.25, 0.3) is 0 Å². The molecule has 19 heavy (non-hydrogen) atoms. The van der Waals surface area contributed by atoms with Crippen molar-refractivity contribution in [1.29, 1.82) is 0 Å². The molecule has 0 aliphatic rings. The van der Waals surface area contributed by atoms with E-state index >= 15 is 0 Å². The number of halogens is 1. The first-order valence-electron chi connectivity index (χ1n) is 6.60. The number of aryl methyl sites for hydroxylation is 3. The van der Waals surface area contributed by atoms with E-state index in [0.717, 1.165) is 41.5 Å². The van der Waals surface area contributed by atoms with Crippen LogP contribution in [-0.2, 0) is 25.8 Å². The Balaban J connectivity index is 2.20. The van der Waals surface area contributed by atoms with E-state index in [2.05, 4.69) is 44.5 Å². The van der Waals surface area contributed by atoms with Crippen molar-refractivity contribution in [2.45, 2.75) is 39.7 Å². The Morgan fingerprint density at radius 3 is 2.74 bits per heavy atom. The van der Waals surface area contributed by atoms with Gasteiger partial charge < -0.3 is 5.73 Å². The third-order valence-electron chi connectivity index (χ3n) is 3.25. The van der Waals surface area contributed by atoms with Crippen LogP contribution in [0.15, 0.2) is 22.8 Å². The molecule has 2 aromatic rings. The number of nitrogen functional groups attached to an aromatic ring is 1. The van der Waals surface area contributed by atoms with E-state index in [9.17, 15) is 0 Å². The first-order chi connectivity index (χ1) is 9.17. The highest BCUT2D eigenvalue weighted by molar-refractivity contribution is 9.10. The number of rotatable bonds is 5. The van der Waals surface area contributed by atoms with Gasteiger partial charge in [0.05, 0.1) is 15.9 Å². The quantitative estimate of drug-likeness (QED) is 0.920. The van der Waals surface area contributed by atoms with E-state index in [-0.39, 0.29) is 0 Å². The first kappa shape index (κ1) is 14.1. The van der Waals surface area contributed by atoms with Crippen LogP contribution >= 0.6 is 15.9 Å². The molecule has 2 heterocycles. The van der Waals surface area contributed by atoms with Gasteiger partial charge in [0.1, 0.15) is 5.82 Å². The van der Waals surface area contributed by atoms with Crippen LogP contribution in [0.5, 0.6) is 0 Å². The average Bonchev–Trinajstić information content (AvgIpc) is 2.74. The highest BCUT2D eigenvalue weighted by Crippen LogP contribution is 2.24. The normalized spacial score (nSPS) is 10.9. The molecule has 0 saturated carbocycles.